The van der Waals surface area contributed by atoms with Crippen LogP contribution in [-0.2, 0) is 6.42 Å². The van der Waals surface area contributed by atoms with Crippen molar-refractivity contribution in [2.45, 2.75) is 40.2 Å². The Morgan fingerprint density at radius 2 is 2.00 bits per heavy atom. The van der Waals surface area contributed by atoms with Gasteiger partial charge in [-0.2, -0.15) is 0 Å². The predicted molar refractivity (Wildman–Crippen MR) is 73.6 cm³/mol. The van der Waals surface area contributed by atoms with E-state index in [9.17, 15) is 0 Å². The lowest BCUT2D eigenvalue weighted by atomic mass is 10.1. The molecule has 2 nitrogen and oxygen atoms in total. The molecule has 0 fully saturated rings. The van der Waals surface area contributed by atoms with Crippen LogP contribution in [0, 0.1) is 5.92 Å². The minimum absolute atomic E-state index is 0.422. The van der Waals surface area contributed by atoms with E-state index < -0.39 is 0 Å². The molecule has 17 heavy (non-hydrogen) atoms. The summed E-state index contributed by atoms with van der Waals surface area (Å²) in [5, 5.41) is 3.46. The molecule has 0 aliphatic heterocycles. The Hall–Kier alpha value is -1.02. The third kappa shape index (κ3) is 4.78. The fraction of sp³-hybridized carbons (Fsp3) is 0.600. The van der Waals surface area contributed by atoms with Crippen LogP contribution in [0.3, 0.4) is 0 Å². The van der Waals surface area contributed by atoms with Crippen molar-refractivity contribution in [3.05, 3.63) is 29.8 Å². The largest absolute Gasteiger partial charge is 0.492 e. The lowest BCUT2D eigenvalue weighted by Crippen LogP contribution is -2.38. The van der Waals surface area contributed by atoms with E-state index >= 15 is 0 Å². The molecule has 2 heteroatoms. The average Bonchev–Trinajstić information content (AvgIpc) is 2.34. The van der Waals surface area contributed by atoms with Gasteiger partial charge in [0.2, 0.25) is 0 Å². The highest BCUT2D eigenvalue weighted by atomic mass is 16.5. The summed E-state index contributed by atoms with van der Waals surface area (Å²) in [7, 11) is 0. The summed E-state index contributed by atoms with van der Waals surface area (Å²) in [4.78, 5) is 0. The monoisotopic (exact) mass is 235 g/mol. The molecule has 0 radical (unpaired) electrons. The molecule has 0 spiro atoms. The number of likely N-dealkylation sites (N-methyl/N-ethyl adjacent to an activating group) is 1. The first-order valence-corrected chi connectivity index (χ1v) is 6.62. The fourth-order valence-corrected chi connectivity index (χ4v) is 1.79. The second kappa shape index (κ2) is 7.33. The quantitative estimate of drug-likeness (QED) is 0.783. The van der Waals surface area contributed by atoms with Crippen molar-refractivity contribution in [3.8, 4) is 5.75 Å². The maximum absolute atomic E-state index is 5.86. The molecule has 0 aromatic heterocycles. The summed E-state index contributed by atoms with van der Waals surface area (Å²) < 4.78 is 5.86. The molecule has 1 unspecified atom stereocenters. The van der Waals surface area contributed by atoms with E-state index in [1.165, 1.54) is 5.56 Å². The van der Waals surface area contributed by atoms with Gasteiger partial charge in [0.1, 0.15) is 12.4 Å². The molecular formula is C15H25NO. The van der Waals surface area contributed by atoms with Crippen LogP contribution in [0.4, 0.5) is 0 Å². The van der Waals surface area contributed by atoms with Crippen LogP contribution in [0.25, 0.3) is 0 Å². The molecular weight excluding hydrogens is 210 g/mol. The Balaban J connectivity index is 2.52. The molecule has 0 bridgehead atoms. The van der Waals surface area contributed by atoms with E-state index in [1.807, 2.05) is 6.07 Å². The smallest absolute Gasteiger partial charge is 0.119 e. The van der Waals surface area contributed by atoms with Crippen LogP contribution in [0.2, 0.25) is 0 Å². The van der Waals surface area contributed by atoms with Gasteiger partial charge < -0.3 is 10.1 Å². The minimum atomic E-state index is 0.422. The molecule has 1 aromatic carbocycles. The molecule has 0 heterocycles. The molecule has 0 saturated heterocycles. The molecule has 1 atom stereocenters. The van der Waals surface area contributed by atoms with Crippen LogP contribution < -0.4 is 10.1 Å². The number of ether oxygens (including phenoxy) is 1. The van der Waals surface area contributed by atoms with Crippen molar-refractivity contribution in [1.29, 1.82) is 0 Å². The molecule has 0 aliphatic carbocycles. The van der Waals surface area contributed by atoms with E-state index in [2.05, 4.69) is 51.2 Å². The van der Waals surface area contributed by atoms with Crippen molar-refractivity contribution in [3.63, 3.8) is 0 Å². The van der Waals surface area contributed by atoms with Gasteiger partial charge in [-0.1, -0.05) is 39.8 Å². The van der Waals surface area contributed by atoms with Crippen molar-refractivity contribution in [2.24, 2.45) is 5.92 Å². The standard InChI is InChI=1S/C15H25NO/c1-5-13-8-7-9-14(10-13)17-11-15(12(3)4)16-6-2/h7-10,12,15-16H,5-6,11H2,1-4H3. The van der Waals surface area contributed by atoms with Crippen molar-refractivity contribution >= 4 is 0 Å². The highest BCUT2D eigenvalue weighted by Crippen LogP contribution is 2.14. The zero-order valence-electron chi connectivity index (χ0n) is 11.5. The van der Waals surface area contributed by atoms with Gasteiger partial charge in [0.25, 0.3) is 0 Å². The van der Waals surface area contributed by atoms with Crippen molar-refractivity contribution in [2.75, 3.05) is 13.2 Å². The second-order valence-electron chi connectivity index (χ2n) is 4.72. The van der Waals surface area contributed by atoms with Gasteiger partial charge in [-0.25, -0.2) is 0 Å². The van der Waals surface area contributed by atoms with Crippen molar-refractivity contribution < 1.29 is 4.74 Å². The fourth-order valence-electron chi connectivity index (χ4n) is 1.79. The first kappa shape index (κ1) is 14.0. The van der Waals surface area contributed by atoms with Crippen LogP contribution in [-0.4, -0.2) is 19.2 Å². The molecule has 0 saturated carbocycles. The number of rotatable bonds is 7. The van der Waals surface area contributed by atoms with Crippen LogP contribution in [0.1, 0.15) is 33.3 Å². The third-order valence-corrected chi connectivity index (χ3v) is 3.01. The van der Waals surface area contributed by atoms with Crippen molar-refractivity contribution in [1.82, 2.24) is 5.32 Å². The van der Waals surface area contributed by atoms with Gasteiger partial charge in [-0.15, -0.1) is 0 Å². The molecule has 96 valence electrons. The summed E-state index contributed by atoms with van der Waals surface area (Å²) in [6.07, 6.45) is 1.05. The van der Waals surface area contributed by atoms with Crippen LogP contribution >= 0.6 is 0 Å². The summed E-state index contributed by atoms with van der Waals surface area (Å²) in [6.45, 7) is 10.5. The normalized spacial score (nSPS) is 12.8. The summed E-state index contributed by atoms with van der Waals surface area (Å²) in [6, 6.07) is 8.78. The van der Waals surface area contributed by atoms with E-state index in [0.29, 0.717) is 12.0 Å². The summed E-state index contributed by atoms with van der Waals surface area (Å²) in [5.41, 5.74) is 1.33. The van der Waals surface area contributed by atoms with Gasteiger partial charge in [0.15, 0.2) is 0 Å². The predicted octanol–water partition coefficient (Wildman–Crippen LogP) is 3.26. The number of aryl methyl sites for hydroxylation is 1. The molecule has 1 rings (SSSR count). The second-order valence-corrected chi connectivity index (χ2v) is 4.72. The minimum Gasteiger partial charge on any atom is -0.492 e. The maximum Gasteiger partial charge on any atom is 0.119 e. The molecule has 1 aromatic rings. The highest BCUT2D eigenvalue weighted by molar-refractivity contribution is 5.28. The lowest BCUT2D eigenvalue weighted by molar-refractivity contribution is 0.232. The Morgan fingerprint density at radius 1 is 1.24 bits per heavy atom. The van der Waals surface area contributed by atoms with E-state index in [-0.39, 0.29) is 0 Å². The zero-order chi connectivity index (χ0) is 12.7. The number of hydrogen-bond donors (Lipinski definition) is 1. The molecule has 0 aliphatic rings. The number of nitrogens with one attached hydrogen (secondary N) is 1. The lowest BCUT2D eigenvalue weighted by Gasteiger charge is -2.22. The third-order valence-electron chi connectivity index (χ3n) is 3.01. The Bertz CT molecular complexity index is 322. The topological polar surface area (TPSA) is 21.3 Å². The van der Waals surface area contributed by atoms with E-state index in [0.717, 1.165) is 25.3 Å². The van der Waals surface area contributed by atoms with Gasteiger partial charge in [0.05, 0.1) is 0 Å². The van der Waals surface area contributed by atoms with Gasteiger partial charge in [-0.05, 0) is 36.6 Å². The van der Waals surface area contributed by atoms with E-state index in [1.54, 1.807) is 0 Å². The summed E-state index contributed by atoms with van der Waals surface area (Å²) in [5.74, 6) is 1.57. The Morgan fingerprint density at radius 3 is 2.59 bits per heavy atom. The van der Waals surface area contributed by atoms with Gasteiger partial charge >= 0.3 is 0 Å². The Labute approximate surface area is 105 Å². The average molecular weight is 235 g/mol. The Kier molecular flexibility index (Phi) is 6.06. The first-order valence-electron chi connectivity index (χ1n) is 6.62. The summed E-state index contributed by atoms with van der Waals surface area (Å²) >= 11 is 0. The first-order chi connectivity index (χ1) is 8.17. The SMILES string of the molecule is CCNC(COc1cccc(CC)c1)C(C)C. The molecule has 1 N–H and O–H groups in total. The van der Waals surface area contributed by atoms with Gasteiger partial charge in [-0.3, -0.25) is 0 Å². The van der Waals surface area contributed by atoms with Crippen LogP contribution in [0.5, 0.6) is 5.75 Å². The van der Waals surface area contributed by atoms with E-state index in [4.69, 9.17) is 4.74 Å². The highest BCUT2D eigenvalue weighted by Gasteiger charge is 2.12. The number of benzene rings is 1. The zero-order valence-corrected chi connectivity index (χ0v) is 11.5. The maximum atomic E-state index is 5.86. The number of hydrogen-bond acceptors (Lipinski definition) is 2. The van der Waals surface area contributed by atoms with Crippen LogP contribution in [0.15, 0.2) is 24.3 Å². The van der Waals surface area contributed by atoms with Gasteiger partial charge in [0, 0.05) is 6.04 Å². The molecule has 0 amide bonds.